The highest BCUT2D eigenvalue weighted by molar-refractivity contribution is 6.31. The number of benzene rings is 2. The van der Waals surface area contributed by atoms with Crippen LogP contribution in [0.5, 0.6) is 0 Å². The predicted octanol–water partition coefficient (Wildman–Crippen LogP) is 3.59. The lowest BCUT2D eigenvalue weighted by Gasteiger charge is -2.06. The van der Waals surface area contributed by atoms with Crippen LogP contribution in [-0.4, -0.2) is 15.0 Å². The zero-order valence-corrected chi connectivity index (χ0v) is 10.2. The molecule has 0 aliphatic rings. The Balaban J connectivity index is 2.19. The fourth-order valence-corrected chi connectivity index (χ4v) is 2.07. The van der Waals surface area contributed by atoms with Gasteiger partial charge in [0.15, 0.2) is 5.15 Å². The van der Waals surface area contributed by atoms with Crippen molar-refractivity contribution in [2.75, 3.05) is 0 Å². The summed E-state index contributed by atoms with van der Waals surface area (Å²) in [6.45, 7) is 0. The number of nitrogens with zero attached hydrogens (tertiary/aromatic N) is 3. The number of halogens is 1. The first kappa shape index (κ1) is 11.0. The molecule has 0 amide bonds. The average molecular weight is 256 g/mol. The normalized spacial score (nSPS) is 10.5. The Morgan fingerprint density at radius 2 is 1.44 bits per heavy atom. The summed E-state index contributed by atoms with van der Waals surface area (Å²) < 4.78 is 1.75. The molecule has 4 heteroatoms. The van der Waals surface area contributed by atoms with Crippen LogP contribution in [-0.2, 0) is 0 Å². The lowest BCUT2D eigenvalue weighted by Crippen LogP contribution is -1.98. The van der Waals surface area contributed by atoms with Gasteiger partial charge in [0.25, 0.3) is 0 Å². The topological polar surface area (TPSA) is 30.7 Å². The summed E-state index contributed by atoms with van der Waals surface area (Å²) in [6.07, 6.45) is 0. The summed E-state index contributed by atoms with van der Waals surface area (Å²) in [6, 6.07) is 19.7. The van der Waals surface area contributed by atoms with E-state index < -0.39 is 0 Å². The number of aromatic nitrogens is 3. The molecule has 0 unspecified atom stereocenters. The van der Waals surface area contributed by atoms with Crippen LogP contribution in [0.3, 0.4) is 0 Å². The molecule has 88 valence electrons. The summed E-state index contributed by atoms with van der Waals surface area (Å²) in [4.78, 5) is 0. The van der Waals surface area contributed by atoms with E-state index in [0.717, 1.165) is 16.9 Å². The zero-order chi connectivity index (χ0) is 12.4. The van der Waals surface area contributed by atoms with E-state index in [1.807, 2.05) is 60.7 Å². The van der Waals surface area contributed by atoms with Gasteiger partial charge in [0.05, 0.1) is 5.69 Å². The number of hydrogen-bond acceptors (Lipinski definition) is 2. The number of para-hydroxylation sites is 1. The monoisotopic (exact) mass is 255 g/mol. The Morgan fingerprint density at radius 1 is 0.833 bits per heavy atom. The van der Waals surface area contributed by atoms with Crippen LogP contribution in [0.25, 0.3) is 16.9 Å². The number of rotatable bonds is 2. The second-order valence-corrected chi connectivity index (χ2v) is 4.20. The second kappa shape index (κ2) is 4.63. The van der Waals surface area contributed by atoms with Crippen molar-refractivity contribution in [2.24, 2.45) is 0 Å². The number of hydrogen-bond donors (Lipinski definition) is 0. The van der Waals surface area contributed by atoms with E-state index >= 15 is 0 Å². The van der Waals surface area contributed by atoms with Crippen molar-refractivity contribution in [1.82, 2.24) is 15.0 Å². The molecule has 3 aromatic rings. The van der Waals surface area contributed by atoms with E-state index in [1.54, 1.807) is 4.68 Å². The molecule has 0 saturated carbocycles. The van der Waals surface area contributed by atoms with Crippen LogP contribution in [0.2, 0.25) is 5.15 Å². The summed E-state index contributed by atoms with van der Waals surface area (Å²) in [7, 11) is 0. The van der Waals surface area contributed by atoms with Crippen molar-refractivity contribution in [2.45, 2.75) is 0 Å². The van der Waals surface area contributed by atoms with Crippen molar-refractivity contribution < 1.29 is 0 Å². The Bertz CT molecular complexity index is 647. The molecule has 0 fully saturated rings. The quantitative estimate of drug-likeness (QED) is 0.701. The zero-order valence-electron chi connectivity index (χ0n) is 9.49. The summed E-state index contributed by atoms with van der Waals surface area (Å²) in [5.41, 5.74) is 2.75. The van der Waals surface area contributed by atoms with Gasteiger partial charge >= 0.3 is 0 Å². The van der Waals surface area contributed by atoms with Crippen molar-refractivity contribution in [3.63, 3.8) is 0 Å². The van der Waals surface area contributed by atoms with E-state index in [1.165, 1.54) is 0 Å². The van der Waals surface area contributed by atoms with E-state index in [2.05, 4.69) is 10.3 Å². The molecule has 0 saturated heterocycles. The molecule has 0 N–H and O–H groups in total. The molecule has 18 heavy (non-hydrogen) atoms. The molecule has 0 aliphatic heterocycles. The van der Waals surface area contributed by atoms with Gasteiger partial charge in [-0.3, -0.25) is 0 Å². The first-order chi connectivity index (χ1) is 8.86. The largest absolute Gasteiger partial charge is 0.211 e. The highest BCUT2D eigenvalue weighted by atomic mass is 35.5. The summed E-state index contributed by atoms with van der Waals surface area (Å²) >= 11 is 6.13. The van der Waals surface area contributed by atoms with Gasteiger partial charge in [-0.2, -0.15) is 0 Å². The molecule has 0 radical (unpaired) electrons. The molecule has 1 aromatic heterocycles. The van der Waals surface area contributed by atoms with E-state index in [4.69, 9.17) is 11.6 Å². The molecule has 3 rings (SSSR count). The molecule has 2 aromatic carbocycles. The maximum atomic E-state index is 6.13. The third-order valence-electron chi connectivity index (χ3n) is 2.68. The SMILES string of the molecule is Clc1nnn(-c2ccccc2)c1-c1ccccc1. The highest BCUT2D eigenvalue weighted by Gasteiger charge is 2.13. The van der Waals surface area contributed by atoms with Gasteiger partial charge < -0.3 is 0 Å². The Hall–Kier alpha value is -2.13. The van der Waals surface area contributed by atoms with E-state index in [-0.39, 0.29) is 0 Å². The van der Waals surface area contributed by atoms with Crippen LogP contribution >= 0.6 is 11.6 Å². The van der Waals surface area contributed by atoms with Gasteiger partial charge in [0, 0.05) is 5.56 Å². The van der Waals surface area contributed by atoms with Gasteiger partial charge in [-0.1, -0.05) is 65.3 Å². The molecular weight excluding hydrogens is 246 g/mol. The van der Waals surface area contributed by atoms with Crippen molar-refractivity contribution in [3.8, 4) is 16.9 Å². The lowest BCUT2D eigenvalue weighted by molar-refractivity contribution is 0.808. The first-order valence-corrected chi connectivity index (χ1v) is 5.96. The minimum Gasteiger partial charge on any atom is -0.211 e. The van der Waals surface area contributed by atoms with Crippen LogP contribution in [0.4, 0.5) is 0 Å². The highest BCUT2D eigenvalue weighted by Crippen LogP contribution is 2.27. The van der Waals surface area contributed by atoms with Gasteiger partial charge in [0.1, 0.15) is 5.69 Å². The standard InChI is InChI=1S/C14H10ClN3/c15-14-13(11-7-3-1-4-8-11)18(17-16-14)12-9-5-2-6-10-12/h1-10H. The van der Waals surface area contributed by atoms with Crippen LogP contribution in [0.1, 0.15) is 0 Å². The second-order valence-electron chi connectivity index (χ2n) is 3.84. The Labute approximate surface area is 110 Å². The fourth-order valence-electron chi connectivity index (χ4n) is 1.85. The third kappa shape index (κ3) is 1.89. The fraction of sp³-hybridized carbons (Fsp3) is 0. The van der Waals surface area contributed by atoms with E-state index in [9.17, 15) is 0 Å². The molecule has 1 heterocycles. The van der Waals surface area contributed by atoms with Gasteiger partial charge in [-0.05, 0) is 12.1 Å². The molecule has 0 atom stereocenters. The van der Waals surface area contributed by atoms with Crippen molar-refractivity contribution in [3.05, 3.63) is 65.8 Å². The van der Waals surface area contributed by atoms with Crippen molar-refractivity contribution in [1.29, 1.82) is 0 Å². The smallest absolute Gasteiger partial charge is 0.179 e. The summed E-state index contributed by atoms with van der Waals surface area (Å²) in [5, 5.41) is 8.45. The van der Waals surface area contributed by atoms with Gasteiger partial charge in [-0.25, -0.2) is 4.68 Å². The van der Waals surface area contributed by atoms with Gasteiger partial charge in [-0.15, -0.1) is 5.10 Å². The maximum absolute atomic E-state index is 6.13. The van der Waals surface area contributed by atoms with Crippen molar-refractivity contribution >= 4 is 11.6 Å². The molecular formula is C14H10ClN3. The predicted molar refractivity (Wildman–Crippen MR) is 71.8 cm³/mol. The van der Waals surface area contributed by atoms with Gasteiger partial charge in [0.2, 0.25) is 0 Å². The van der Waals surface area contributed by atoms with Crippen LogP contribution < -0.4 is 0 Å². The Kier molecular flexibility index (Phi) is 2.82. The van der Waals surface area contributed by atoms with Crippen LogP contribution in [0.15, 0.2) is 60.7 Å². The van der Waals surface area contributed by atoms with Crippen LogP contribution in [0, 0.1) is 0 Å². The third-order valence-corrected chi connectivity index (χ3v) is 2.93. The molecule has 0 bridgehead atoms. The molecule has 0 spiro atoms. The summed E-state index contributed by atoms with van der Waals surface area (Å²) in [5.74, 6) is 0. The Morgan fingerprint density at radius 3 is 2.11 bits per heavy atom. The van der Waals surface area contributed by atoms with E-state index in [0.29, 0.717) is 5.15 Å². The molecule has 0 aliphatic carbocycles. The average Bonchev–Trinajstić information content (AvgIpc) is 2.83. The molecule has 3 nitrogen and oxygen atoms in total. The first-order valence-electron chi connectivity index (χ1n) is 5.58. The lowest BCUT2D eigenvalue weighted by atomic mass is 10.1. The minimum absolute atomic E-state index is 0.407. The minimum atomic E-state index is 0.407. The maximum Gasteiger partial charge on any atom is 0.179 e.